The number of fused-ring (bicyclic) bond motifs is 1. The molecule has 0 spiro atoms. The van der Waals surface area contributed by atoms with Crippen LogP contribution in [0.25, 0.3) is 0 Å². The molecule has 2 fully saturated rings. The number of carbonyl (C=O) groups is 2. The van der Waals surface area contributed by atoms with Crippen LogP contribution in [-0.4, -0.2) is 26.2 Å². The van der Waals surface area contributed by atoms with Crippen LogP contribution in [0.1, 0.15) is 19.8 Å². The summed E-state index contributed by atoms with van der Waals surface area (Å²) in [6.07, 6.45) is 4.95. The number of carbonyl (C=O) groups excluding carboxylic acids is 2. The number of ether oxygens (including phenoxy) is 2. The average molecular weight is 264 g/mol. The molecule has 0 radical (unpaired) electrons. The third-order valence-corrected chi connectivity index (χ3v) is 4.68. The van der Waals surface area contributed by atoms with Crippen molar-refractivity contribution in [3.05, 3.63) is 24.3 Å². The molecule has 0 aromatic heterocycles. The quantitative estimate of drug-likeness (QED) is 0.445. The van der Waals surface area contributed by atoms with Gasteiger partial charge in [-0.25, -0.2) is 0 Å². The van der Waals surface area contributed by atoms with E-state index < -0.39 is 17.4 Å². The normalized spacial score (nSPS) is 33.2. The van der Waals surface area contributed by atoms with Gasteiger partial charge < -0.3 is 9.47 Å². The molecule has 0 aromatic rings. The molecule has 0 bridgehead atoms. The predicted octanol–water partition coefficient (Wildman–Crippen LogP) is 2.11. The molecule has 2 rings (SSSR count). The van der Waals surface area contributed by atoms with Crippen molar-refractivity contribution >= 4 is 11.9 Å². The van der Waals surface area contributed by atoms with Crippen molar-refractivity contribution in [2.24, 2.45) is 23.2 Å². The molecule has 104 valence electrons. The fourth-order valence-corrected chi connectivity index (χ4v) is 3.80. The molecular weight excluding hydrogens is 244 g/mol. The third-order valence-electron chi connectivity index (χ3n) is 4.68. The van der Waals surface area contributed by atoms with E-state index >= 15 is 0 Å². The molecular formula is C15H20O4. The number of esters is 2. The Balaban J connectivity index is 2.34. The summed E-state index contributed by atoms with van der Waals surface area (Å²) in [5.41, 5.74) is 0.139. The van der Waals surface area contributed by atoms with Gasteiger partial charge in [0.2, 0.25) is 0 Å². The maximum Gasteiger partial charge on any atom is 0.323 e. The molecule has 2 aliphatic carbocycles. The van der Waals surface area contributed by atoms with Crippen LogP contribution in [-0.2, 0) is 19.1 Å². The third kappa shape index (κ3) is 1.73. The number of hydrogen-bond acceptors (Lipinski definition) is 4. The Labute approximate surface area is 113 Å². The smallest absolute Gasteiger partial charge is 0.323 e. The van der Waals surface area contributed by atoms with Crippen LogP contribution >= 0.6 is 0 Å². The first-order valence-electron chi connectivity index (χ1n) is 6.51. The lowest BCUT2D eigenvalue weighted by Gasteiger charge is -2.42. The molecule has 4 nitrogen and oxygen atoms in total. The van der Waals surface area contributed by atoms with Crippen molar-refractivity contribution in [1.82, 2.24) is 0 Å². The molecule has 3 atom stereocenters. The topological polar surface area (TPSA) is 52.6 Å². The van der Waals surface area contributed by atoms with Crippen molar-refractivity contribution in [3.63, 3.8) is 0 Å². The molecule has 0 amide bonds. The van der Waals surface area contributed by atoms with Crippen molar-refractivity contribution in [1.29, 1.82) is 0 Å². The fourth-order valence-electron chi connectivity index (χ4n) is 3.80. The summed E-state index contributed by atoms with van der Waals surface area (Å²) < 4.78 is 9.68. The van der Waals surface area contributed by atoms with Crippen LogP contribution in [0.15, 0.2) is 24.3 Å². The summed E-state index contributed by atoms with van der Waals surface area (Å²) in [4.78, 5) is 24.2. The molecule has 0 aromatic carbocycles. The molecule has 0 aliphatic heterocycles. The van der Waals surface area contributed by atoms with Gasteiger partial charge in [-0.05, 0) is 31.6 Å². The Kier molecular flexibility index (Phi) is 3.52. The first kappa shape index (κ1) is 13.8. The van der Waals surface area contributed by atoms with Crippen LogP contribution in [0.5, 0.6) is 0 Å². The summed E-state index contributed by atoms with van der Waals surface area (Å²) in [6, 6.07) is 0. The highest BCUT2D eigenvalue weighted by molar-refractivity contribution is 6.00. The lowest BCUT2D eigenvalue weighted by Crippen LogP contribution is -2.39. The second-order valence-electron chi connectivity index (χ2n) is 5.29. The lowest BCUT2D eigenvalue weighted by molar-refractivity contribution is -0.168. The van der Waals surface area contributed by atoms with Crippen molar-refractivity contribution in [2.75, 3.05) is 14.2 Å². The highest BCUT2D eigenvalue weighted by Crippen LogP contribution is 2.62. The van der Waals surface area contributed by atoms with Gasteiger partial charge in [-0.15, -0.1) is 6.58 Å². The van der Waals surface area contributed by atoms with Gasteiger partial charge in [0.1, 0.15) is 0 Å². The molecule has 19 heavy (non-hydrogen) atoms. The van der Waals surface area contributed by atoms with E-state index in [1.54, 1.807) is 0 Å². The molecule has 3 unspecified atom stereocenters. The SMILES string of the molecule is C=CC1/C(=C/C)C2CC(C(=O)OC)(C(=O)OC)CC12. The standard InChI is InChI=1S/C15H20O4/c1-5-9-10(6-2)12-8-15(7-11(9)12,13(16)18-3)14(17)19-4/h5-6,9,11-12H,1,7-8H2,2-4H3/b10-6-. The molecule has 0 heterocycles. The van der Waals surface area contributed by atoms with Gasteiger partial charge in [0.05, 0.1) is 14.2 Å². The van der Waals surface area contributed by atoms with E-state index in [4.69, 9.17) is 9.47 Å². The van der Waals surface area contributed by atoms with Crippen molar-refractivity contribution in [2.45, 2.75) is 19.8 Å². The van der Waals surface area contributed by atoms with E-state index in [1.807, 2.05) is 13.0 Å². The zero-order valence-corrected chi connectivity index (χ0v) is 11.6. The van der Waals surface area contributed by atoms with Crippen molar-refractivity contribution < 1.29 is 19.1 Å². The number of allylic oxidation sites excluding steroid dienone is 3. The highest BCUT2D eigenvalue weighted by Gasteiger charge is 2.63. The van der Waals surface area contributed by atoms with Gasteiger partial charge in [0.25, 0.3) is 0 Å². The highest BCUT2D eigenvalue weighted by atomic mass is 16.5. The molecule has 4 heteroatoms. The average Bonchev–Trinajstić information content (AvgIpc) is 2.76. The van der Waals surface area contributed by atoms with Gasteiger partial charge in [-0.1, -0.05) is 17.7 Å². The number of methoxy groups -OCH3 is 2. The zero-order valence-electron chi connectivity index (χ0n) is 11.6. The monoisotopic (exact) mass is 264 g/mol. The minimum Gasteiger partial charge on any atom is -0.468 e. The first-order chi connectivity index (χ1) is 9.05. The van der Waals surface area contributed by atoms with Crippen LogP contribution in [0.4, 0.5) is 0 Å². The first-order valence-corrected chi connectivity index (χ1v) is 6.51. The van der Waals surface area contributed by atoms with E-state index in [9.17, 15) is 9.59 Å². The lowest BCUT2D eigenvalue weighted by atomic mass is 9.62. The van der Waals surface area contributed by atoms with Crippen LogP contribution in [0, 0.1) is 23.2 Å². The van der Waals surface area contributed by atoms with Crippen LogP contribution in [0.3, 0.4) is 0 Å². The molecule has 2 aliphatic rings. The molecule has 2 saturated carbocycles. The van der Waals surface area contributed by atoms with Gasteiger partial charge in [-0.2, -0.15) is 0 Å². The van der Waals surface area contributed by atoms with E-state index in [-0.39, 0.29) is 11.8 Å². The molecule has 0 saturated heterocycles. The van der Waals surface area contributed by atoms with Gasteiger partial charge in [-0.3, -0.25) is 9.59 Å². The van der Waals surface area contributed by atoms with Crippen LogP contribution < -0.4 is 0 Å². The maximum atomic E-state index is 12.1. The van der Waals surface area contributed by atoms with Crippen molar-refractivity contribution in [3.8, 4) is 0 Å². The second-order valence-corrected chi connectivity index (χ2v) is 5.29. The van der Waals surface area contributed by atoms with E-state index in [0.717, 1.165) is 0 Å². The van der Waals surface area contributed by atoms with Gasteiger partial charge in [0.15, 0.2) is 5.41 Å². The predicted molar refractivity (Wildman–Crippen MR) is 70.1 cm³/mol. The number of rotatable bonds is 3. The summed E-state index contributed by atoms with van der Waals surface area (Å²) in [7, 11) is 2.63. The fraction of sp³-hybridized carbons (Fsp3) is 0.600. The second kappa shape index (κ2) is 4.83. The summed E-state index contributed by atoms with van der Waals surface area (Å²) in [6.45, 7) is 5.83. The zero-order chi connectivity index (χ0) is 14.2. The minimum absolute atomic E-state index is 0.270. The Morgan fingerprint density at radius 1 is 1.26 bits per heavy atom. The van der Waals surface area contributed by atoms with E-state index in [2.05, 4.69) is 12.7 Å². The summed E-state index contributed by atoms with van der Waals surface area (Å²) >= 11 is 0. The Bertz CT molecular complexity index is 433. The maximum absolute atomic E-state index is 12.1. The number of hydrogen-bond donors (Lipinski definition) is 0. The van der Waals surface area contributed by atoms with E-state index in [0.29, 0.717) is 18.8 Å². The minimum atomic E-state index is -1.13. The van der Waals surface area contributed by atoms with Crippen LogP contribution in [0.2, 0.25) is 0 Å². The summed E-state index contributed by atoms with van der Waals surface area (Å²) in [5.74, 6) is -0.127. The molecule has 0 N–H and O–H groups in total. The van der Waals surface area contributed by atoms with Gasteiger partial charge in [0, 0.05) is 5.92 Å². The Morgan fingerprint density at radius 2 is 1.84 bits per heavy atom. The summed E-state index contributed by atoms with van der Waals surface area (Å²) in [5, 5.41) is 0. The van der Waals surface area contributed by atoms with E-state index in [1.165, 1.54) is 19.8 Å². The van der Waals surface area contributed by atoms with Gasteiger partial charge >= 0.3 is 11.9 Å². The largest absolute Gasteiger partial charge is 0.468 e. The Hall–Kier alpha value is -1.58. The Morgan fingerprint density at radius 3 is 2.26 bits per heavy atom.